The second-order valence-corrected chi connectivity index (χ2v) is 10.3. The van der Waals surface area contributed by atoms with Crippen LogP contribution in [0.2, 0.25) is 0 Å². The molecule has 2 bridgehead atoms. The topological polar surface area (TPSA) is 90.0 Å². The van der Waals surface area contributed by atoms with Gasteiger partial charge in [0.2, 0.25) is 11.8 Å². The SMILES string of the molecule is COc1cccc(C(=O)COC(=O)c2cccc(N3C(=O)[C@@H]4[C@@H]5C[C@@H]([C@H]4C3=O)[C@@H](c3ccccc3)C5)c2)c1. The Hall–Kier alpha value is -4.26. The Bertz CT molecular complexity index is 1430. The maximum absolute atomic E-state index is 13.6. The summed E-state index contributed by atoms with van der Waals surface area (Å²) in [4.78, 5) is 53.6. The van der Waals surface area contributed by atoms with Crippen molar-refractivity contribution in [3.63, 3.8) is 0 Å². The molecule has 7 nitrogen and oxygen atoms in total. The van der Waals surface area contributed by atoms with Crippen LogP contribution in [0.25, 0.3) is 0 Å². The number of esters is 1. The third kappa shape index (κ3) is 3.99. The molecule has 3 aromatic carbocycles. The Morgan fingerprint density at radius 3 is 2.37 bits per heavy atom. The van der Waals surface area contributed by atoms with E-state index in [4.69, 9.17) is 9.47 Å². The molecule has 1 saturated heterocycles. The van der Waals surface area contributed by atoms with E-state index in [-0.39, 0.29) is 52.8 Å². The average Bonchev–Trinajstić information content (AvgIpc) is 3.63. The lowest BCUT2D eigenvalue weighted by Crippen LogP contribution is -2.33. The molecule has 6 rings (SSSR count). The van der Waals surface area contributed by atoms with Gasteiger partial charge in [-0.25, -0.2) is 4.79 Å². The zero-order chi connectivity index (χ0) is 26.4. The number of benzene rings is 3. The summed E-state index contributed by atoms with van der Waals surface area (Å²) in [6.45, 7) is -0.438. The number of nitrogens with zero attached hydrogens (tertiary/aromatic N) is 1. The quantitative estimate of drug-likeness (QED) is 0.261. The molecule has 5 atom stereocenters. The van der Waals surface area contributed by atoms with E-state index in [1.54, 1.807) is 42.5 Å². The minimum atomic E-state index is -0.702. The van der Waals surface area contributed by atoms with Crippen molar-refractivity contribution >= 4 is 29.3 Å². The van der Waals surface area contributed by atoms with Gasteiger partial charge in [0, 0.05) is 5.56 Å². The molecule has 0 unspecified atom stereocenters. The highest BCUT2D eigenvalue weighted by molar-refractivity contribution is 6.23. The molecule has 38 heavy (non-hydrogen) atoms. The molecule has 3 aliphatic rings. The van der Waals surface area contributed by atoms with Crippen molar-refractivity contribution in [3.8, 4) is 5.75 Å². The first kappa shape index (κ1) is 24.1. The molecule has 7 heteroatoms. The number of hydrogen-bond donors (Lipinski definition) is 0. The predicted molar refractivity (Wildman–Crippen MR) is 139 cm³/mol. The minimum Gasteiger partial charge on any atom is -0.497 e. The molecule has 0 spiro atoms. The summed E-state index contributed by atoms with van der Waals surface area (Å²) in [7, 11) is 1.51. The van der Waals surface area contributed by atoms with Gasteiger partial charge in [0.05, 0.1) is 30.2 Å². The van der Waals surface area contributed by atoms with Gasteiger partial charge in [0.15, 0.2) is 12.4 Å². The number of methoxy groups -OCH3 is 1. The maximum atomic E-state index is 13.6. The van der Waals surface area contributed by atoms with Gasteiger partial charge in [-0.3, -0.25) is 19.3 Å². The van der Waals surface area contributed by atoms with Crippen molar-refractivity contribution in [2.24, 2.45) is 23.7 Å². The van der Waals surface area contributed by atoms with E-state index in [0.29, 0.717) is 17.0 Å². The molecular formula is C31H27NO6. The first-order valence-electron chi connectivity index (χ1n) is 12.8. The number of carbonyl (C=O) groups excluding carboxylic acids is 4. The molecule has 192 valence electrons. The number of ether oxygens (including phenoxy) is 2. The van der Waals surface area contributed by atoms with Crippen molar-refractivity contribution in [1.29, 1.82) is 0 Å². The first-order valence-corrected chi connectivity index (χ1v) is 12.8. The van der Waals surface area contributed by atoms with Gasteiger partial charge in [-0.05, 0) is 66.5 Å². The van der Waals surface area contributed by atoms with Crippen LogP contribution in [-0.4, -0.2) is 37.3 Å². The number of carbonyl (C=O) groups is 4. The number of ketones is 1. The molecule has 2 amide bonds. The zero-order valence-corrected chi connectivity index (χ0v) is 20.9. The number of anilines is 1. The lowest BCUT2D eigenvalue weighted by atomic mass is 9.73. The standard InChI is InChI=1S/C31H27NO6/c1-37-23-12-6-9-19(14-23)26(33)17-38-31(36)20-10-5-11-22(13-20)32-29(34)27-21-15-24(18-7-3-2-4-8-18)25(16-21)28(27)30(32)35/h2-14,21,24-25,27-28H,15-17H2,1H3/t21-,24+,25+,27+,28+/m0/s1. The number of amides is 2. The van der Waals surface area contributed by atoms with Crippen molar-refractivity contribution in [1.82, 2.24) is 0 Å². The van der Waals surface area contributed by atoms with Crippen LogP contribution in [0.15, 0.2) is 78.9 Å². The van der Waals surface area contributed by atoms with Crippen LogP contribution >= 0.6 is 0 Å². The summed E-state index contributed by atoms with van der Waals surface area (Å²) in [5.41, 5.74) is 2.13. The van der Waals surface area contributed by atoms with Gasteiger partial charge >= 0.3 is 5.97 Å². The van der Waals surface area contributed by atoms with E-state index >= 15 is 0 Å². The van der Waals surface area contributed by atoms with Crippen LogP contribution in [0.5, 0.6) is 5.75 Å². The minimum absolute atomic E-state index is 0.143. The van der Waals surface area contributed by atoms with Crippen LogP contribution in [-0.2, 0) is 14.3 Å². The molecule has 3 fully saturated rings. The first-order chi connectivity index (χ1) is 18.5. The van der Waals surface area contributed by atoms with Gasteiger partial charge in [-0.1, -0.05) is 48.5 Å². The highest BCUT2D eigenvalue weighted by Gasteiger charge is 2.64. The molecule has 0 radical (unpaired) electrons. The summed E-state index contributed by atoms with van der Waals surface area (Å²) < 4.78 is 10.4. The number of Topliss-reactive ketones (excluding diaryl/α,β-unsaturated/α-hetero) is 1. The number of imide groups is 1. The molecule has 1 heterocycles. The van der Waals surface area contributed by atoms with E-state index < -0.39 is 12.6 Å². The molecule has 1 aliphatic heterocycles. The van der Waals surface area contributed by atoms with E-state index in [2.05, 4.69) is 12.1 Å². The molecule has 3 aromatic rings. The lowest BCUT2D eigenvalue weighted by Gasteiger charge is -2.28. The molecule has 0 N–H and O–H groups in total. The Morgan fingerprint density at radius 2 is 1.58 bits per heavy atom. The Kier molecular flexibility index (Phi) is 6.06. The number of hydrogen-bond acceptors (Lipinski definition) is 6. The van der Waals surface area contributed by atoms with Crippen LogP contribution in [0.4, 0.5) is 5.69 Å². The fourth-order valence-corrected chi connectivity index (χ4v) is 6.66. The molecule has 2 saturated carbocycles. The molecule has 2 aliphatic carbocycles. The lowest BCUT2D eigenvalue weighted by molar-refractivity contribution is -0.123. The van der Waals surface area contributed by atoms with Gasteiger partial charge in [-0.2, -0.15) is 0 Å². The fourth-order valence-electron chi connectivity index (χ4n) is 6.66. The van der Waals surface area contributed by atoms with Gasteiger partial charge in [-0.15, -0.1) is 0 Å². The summed E-state index contributed by atoms with van der Waals surface area (Å²) >= 11 is 0. The smallest absolute Gasteiger partial charge is 0.338 e. The van der Waals surface area contributed by atoms with Crippen molar-refractivity contribution in [2.75, 3.05) is 18.6 Å². The van der Waals surface area contributed by atoms with E-state index in [1.165, 1.54) is 23.6 Å². The summed E-state index contributed by atoms with van der Waals surface area (Å²) in [5.74, 6) is -0.931. The number of rotatable bonds is 7. The normalized spacial score (nSPS) is 25.4. The molecule has 0 aromatic heterocycles. The van der Waals surface area contributed by atoms with Gasteiger partial charge < -0.3 is 9.47 Å². The third-order valence-electron chi connectivity index (χ3n) is 8.31. The van der Waals surface area contributed by atoms with Crippen LogP contribution in [0, 0.1) is 23.7 Å². The fraction of sp³-hybridized carbons (Fsp3) is 0.290. The van der Waals surface area contributed by atoms with Crippen LogP contribution in [0.1, 0.15) is 45.0 Å². The summed E-state index contributed by atoms with van der Waals surface area (Å²) in [6.07, 6.45) is 1.81. The maximum Gasteiger partial charge on any atom is 0.338 e. The van der Waals surface area contributed by atoms with E-state index in [9.17, 15) is 19.2 Å². The highest BCUT2D eigenvalue weighted by atomic mass is 16.5. The second-order valence-electron chi connectivity index (χ2n) is 10.3. The van der Waals surface area contributed by atoms with E-state index in [1.807, 2.05) is 18.2 Å². The predicted octanol–water partition coefficient (Wildman–Crippen LogP) is 4.66. The number of fused-ring (bicyclic) bond motifs is 5. The Balaban J connectivity index is 1.17. The average molecular weight is 510 g/mol. The largest absolute Gasteiger partial charge is 0.497 e. The third-order valence-corrected chi connectivity index (χ3v) is 8.31. The van der Waals surface area contributed by atoms with Gasteiger partial charge in [0.25, 0.3) is 0 Å². The van der Waals surface area contributed by atoms with Gasteiger partial charge in [0.1, 0.15) is 5.75 Å². The Labute approximate surface area is 220 Å². The summed E-state index contributed by atoms with van der Waals surface area (Å²) in [5, 5.41) is 0. The van der Waals surface area contributed by atoms with Crippen molar-refractivity contribution in [2.45, 2.75) is 18.8 Å². The van der Waals surface area contributed by atoms with Crippen LogP contribution in [0.3, 0.4) is 0 Å². The van der Waals surface area contributed by atoms with Crippen molar-refractivity contribution < 1.29 is 28.7 Å². The summed E-state index contributed by atoms with van der Waals surface area (Å²) in [6, 6.07) is 23.1. The monoisotopic (exact) mass is 509 g/mol. The zero-order valence-electron chi connectivity index (χ0n) is 20.9. The Morgan fingerprint density at radius 1 is 0.842 bits per heavy atom. The highest BCUT2D eigenvalue weighted by Crippen LogP contribution is 2.61. The molecular weight excluding hydrogens is 482 g/mol. The van der Waals surface area contributed by atoms with Crippen LogP contribution < -0.4 is 9.64 Å². The second kappa shape index (κ2) is 9.56. The van der Waals surface area contributed by atoms with E-state index in [0.717, 1.165) is 12.8 Å². The van der Waals surface area contributed by atoms with Crippen molar-refractivity contribution in [3.05, 3.63) is 95.6 Å².